The molecule has 0 unspecified atom stereocenters. The Morgan fingerprint density at radius 1 is 1.00 bits per heavy atom. The van der Waals surface area contributed by atoms with E-state index >= 15 is 0 Å². The van der Waals surface area contributed by atoms with E-state index in [1.807, 2.05) is 65.6 Å². The number of benzene rings is 2. The molecule has 2 rings (SSSR count). The minimum Gasteiger partial charge on any atom is -0.308 e. The molecule has 3 heteroatoms. The zero-order valence-corrected chi connectivity index (χ0v) is 13.2. The Labute approximate surface area is 133 Å². The highest BCUT2D eigenvalue weighted by atomic mass is 16.2. The first kappa shape index (κ1) is 16.2. The summed E-state index contributed by atoms with van der Waals surface area (Å²) in [5, 5.41) is 3.23. The van der Waals surface area contributed by atoms with Crippen molar-refractivity contribution in [1.29, 1.82) is 0 Å². The van der Waals surface area contributed by atoms with E-state index in [1.54, 1.807) is 0 Å². The maximum atomic E-state index is 12.6. The number of anilines is 1. The lowest BCUT2D eigenvalue weighted by molar-refractivity contribution is -0.117. The summed E-state index contributed by atoms with van der Waals surface area (Å²) < 4.78 is 0. The van der Waals surface area contributed by atoms with Crippen LogP contribution in [-0.2, 0) is 11.3 Å². The van der Waals surface area contributed by atoms with Gasteiger partial charge in [0.15, 0.2) is 0 Å². The third kappa shape index (κ3) is 5.01. The number of hydrogen-bond acceptors (Lipinski definition) is 2. The largest absolute Gasteiger partial charge is 0.308 e. The van der Waals surface area contributed by atoms with Crippen molar-refractivity contribution >= 4 is 11.6 Å². The van der Waals surface area contributed by atoms with Gasteiger partial charge in [0, 0.05) is 5.69 Å². The van der Waals surface area contributed by atoms with E-state index < -0.39 is 0 Å². The average Bonchev–Trinajstić information content (AvgIpc) is 2.58. The Morgan fingerprint density at radius 3 is 2.27 bits per heavy atom. The highest BCUT2D eigenvalue weighted by molar-refractivity contribution is 5.94. The van der Waals surface area contributed by atoms with Crippen molar-refractivity contribution < 1.29 is 4.79 Å². The minimum absolute atomic E-state index is 0.103. The van der Waals surface area contributed by atoms with Crippen LogP contribution in [0.5, 0.6) is 0 Å². The third-order valence-corrected chi connectivity index (χ3v) is 3.54. The summed E-state index contributed by atoms with van der Waals surface area (Å²) in [5.74, 6) is 0.103. The van der Waals surface area contributed by atoms with Gasteiger partial charge in [0.2, 0.25) is 5.91 Å². The van der Waals surface area contributed by atoms with Crippen molar-refractivity contribution in [3.05, 3.63) is 66.2 Å². The summed E-state index contributed by atoms with van der Waals surface area (Å²) in [5.41, 5.74) is 2.07. The summed E-state index contributed by atoms with van der Waals surface area (Å²) in [7, 11) is 0. The van der Waals surface area contributed by atoms with Gasteiger partial charge in [0.1, 0.15) is 0 Å². The molecule has 2 aromatic rings. The molecular weight excluding hydrogens is 272 g/mol. The second kappa shape index (κ2) is 9.00. The molecule has 0 saturated heterocycles. The summed E-state index contributed by atoms with van der Waals surface area (Å²) in [4.78, 5) is 14.4. The van der Waals surface area contributed by atoms with Gasteiger partial charge in [0.25, 0.3) is 0 Å². The molecule has 0 atom stereocenters. The molecule has 1 N–H and O–H groups in total. The van der Waals surface area contributed by atoms with Gasteiger partial charge in [-0.3, -0.25) is 4.79 Å². The Kier molecular flexibility index (Phi) is 6.65. The highest BCUT2D eigenvalue weighted by Gasteiger charge is 2.15. The molecule has 2 aromatic carbocycles. The maximum absolute atomic E-state index is 12.6. The molecule has 0 radical (unpaired) electrons. The van der Waals surface area contributed by atoms with E-state index in [0.29, 0.717) is 13.1 Å². The molecule has 0 bridgehead atoms. The molecule has 0 aliphatic rings. The van der Waals surface area contributed by atoms with Crippen LogP contribution >= 0.6 is 0 Å². The summed E-state index contributed by atoms with van der Waals surface area (Å²) in [6.07, 6.45) is 2.23. The molecule has 0 aliphatic heterocycles. The van der Waals surface area contributed by atoms with Gasteiger partial charge in [-0.25, -0.2) is 0 Å². The quantitative estimate of drug-likeness (QED) is 0.755. The number of hydrogen-bond donors (Lipinski definition) is 1. The SMILES string of the molecule is CCCCNCC(=O)N(Cc1ccccc1)c1ccccc1. The molecule has 0 spiro atoms. The van der Waals surface area contributed by atoms with Crippen molar-refractivity contribution in [1.82, 2.24) is 5.32 Å². The fourth-order valence-electron chi connectivity index (χ4n) is 2.29. The lowest BCUT2D eigenvalue weighted by Gasteiger charge is -2.23. The number of unbranched alkanes of at least 4 members (excludes halogenated alkanes) is 1. The second-order valence-electron chi connectivity index (χ2n) is 5.33. The Hall–Kier alpha value is -2.13. The average molecular weight is 296 g/mol. The van der Waals surface area contributed by atoms with E-state index in [-0.39, 0.29) is 5.91 Å². The van der Waals surface area contributed by atoms with Crippen molar-refractivity contribution in [3.63, 3.8) is 0 Å². The standard InChI is InChI=1S/C19H24N2O/c1-2-3-14-20-15-19(22)21(18-12-8-5-9-13-18)16-17-10-6-4-7-11-17/h4-13,20H,2-3,14-16H2,1H3. The predicted molar refractivity (Wildman–Crippen MR) is 91.9 cm³/mol. The topological polar surface area (TPSA) is 32.3 Å². The molecule has 1 amide bonds. The van der Waals surface area contributed by atoms with Crippen molar-refractivity contribution in [2.45, 2.75) is 26.3 Å². The molecule has 116 valence electrons. The number of amides is 1. The summed E-state index contributed by atoms with van der Waals surface area (Å²) >= 11 is 0. The van der Waals surface area contributed by atoms with Crippen LogP contribution in [0, 0.1) is 0 Å². The lowest BCUT2D eigenvalue weighted by atomic mass is 10.2. The zero-order chi connectivity index (χ0) is 15.6. The van der Waals surface area contributed by atoms with Gasteiger partial charge in [-0.05, 0) is 30.7 Å². The van der Waals surface area contributed by atoms with Crippen molar-refractivity contribution in [2.24, 2.45) is 0 Å². The first-order chi connectivity index (χ1) is 10.8. The van der Waals surface area contributed by atoms with Crippen LogP contribution in [0.2, 0.25) is 0 Å². The number of para-hydroxylation sites is 1. The molecule has 22 heavy (non-hydrogen) atoms. The Balaban J connectivity index is 2.06. The molecule has 0 aromatic heterocycles. The maximum Gasteiger partial charge on any atom is 0.241 e. The van der Waals surface area contributed by atoms with Crippen LogP contribution in [-0.4, -0.2) is 19.0 Å². The monoisotopic (exact) mass is 296 g/mol. The van der Waals surface area contributed by atoms with Crippen molar-refractivity contribution in [3.8, 4) is 0 Å². The molecule has 0 saturated carbocycles. The number of rotatable bonds is 8. The predicted octanol–water partition coefficient (Wildman–Crippen LogP) is 3.61. The Morgan fingerprint density at radius 2 is 1.64 bits per heavy atom. The van der Waals surface area contributed by atoms with Crippen LogP contribution in [0.3, 0.4) is 0 Å². The van der Waals surface area contributed by atoms with E-state index in [0.717, 1.165) is 30.6 Å². The number of carbonyl (C=O) groups is 1. The van der Waals surface area contributed by atoms with Crippen LogP contribution < -0.4 is 10.2 Å². The van der Waals surface area contributed by atoms with Gasteiger partial charge < -0.3 is 10.2 Å². The number of carbonyl (C=O) groups excluding carboxylic acids is 1. The number of nitrogens with zero attached hydrogens (tertiary/aromatic N) is 1. The molecule has 0 aliphatic carbocycles. The van der Waals surface area contributed by atoms with E-state index in [4.69, 9.17) is 0 Å². The van der Waals surface area contributed by atoms with Crippen molar-refractivity contribution in [2.75, 3.05) is 18.0 Å². The van der Waals surface area contributed by atoms with Gasteiger partial charge in [-0.1, -0.05) is 61.9 Å². The summed E-state index contributed by atoms with van der Waals surface area (Å²) in [6.45, 7) is 4.01. The van der Waals surface area contributed by atoms with E-state index in [1.165, 1.54) is 0 Å². The van der Waals surface area contributed by atoms with Crippen LogP contribution in [0.15, 0.2) is 60.7 Å². The molecule has 0 fully saturated rings. The fraction of sp³-hybridized carbons (Fsp3) is 0.316. The lowest BCUT2D eigenvalue weighted by Crippen LogP contribution is -2.38. The van der Waals surface area contributed by atoms with Gasteiger partial charge in [-0.15, -0.1) is 0 Å². The van der Waals surface area contributed by atoms with Crippen LogP contribution in [0.4, 0.5) is 5.69 Å². The highest BCUT2D eigenvalue weighted by Crippen LogP contribution is 2.16. The number of nitrogens with one attached hydrogen (secondary N) is 1. The zero-order valence-electron chi connectivity index (χ0n) is 13.2. The first-order valence-corrected chi connectivity index (χ1v) is 7.91. The fourth-order valence-corrected chi connectivity index (χ4v) is 2.29. The van der Waals surface area contributed by atoms with E-state index in [9.17, 15) is 4.79 Å². The van der Waals surface area contributed by atoms with Crippen LogP contribution in [0.1, 0.15) is 25.3 Å². The normalized spacial score (nSPS) is 10.4. The molecule has 0 heterocycles. The Bertz CT molecular complexity index is 554. The van der Waals surface area contributed by atoms with Gasteiger partial charge in [0.05, 0.1) is 13.1 Å². The molecule has 3 nitrogen and oxygen atoms in total. The van der Waals surface area contributed by atoms with Gasteiger partial charge >= 0.3 is 0 Å². The van der Waals surface area contributed by atoms with Crippen LogP contribution in [0.25, 0.3) is 0 Å². The summed E-state index contributed by atoms with van der Waals surface area (Å²) in [6, 6.07) is 19.9. The molecular formula is C19H24N2O. The van der Waals surface area contributed by atoms with E-state index in [2.05, 4.69) is 12.2 Å². The third-order valence-electron chi connectivity index (χ3n) is 3.54. The smallest absolute Gasteiger partial charge is 0.241 e. The second-order valence-corrected chi connectivity index (χ2v) is 5.33. The first-order valence-electron chi connectivity index (χ1n) is 7.91. The van der Waals surface area contributed by atoms with Gasteiger partial charge in [-0.2, -0.15) is 0 Å². The minimum atomic E-state index is 0.103.